The smallest absolute Gasteiger partial charge is 0.254 e. The van der Waals surface area contributed by atoms with Gasteiger partial charge < -0.3 is 10.1 Å². The van der Waals surface area contributed by atoms with Gasteiger partial charge in [-0.2, -0.15) is 0 Å². The van der Waals surface area contributed by atoms with Gasteiger partial charge in [-0.1, -0.05) is 30.3 Å². The molecule has 0 aliphatic heterocycles. The van der Waals surface area contributed by atoms with Gasteiger partial charge >= 0.3 is 0 Å². The van der Waals surface area contributed by atoms with Crippen LogP contribution in [0.15, 0.2) is 66.4 Å². The summed E-state index contributed by atoms with van der Waals surface area (Å²) in [6, 6.07) is 17.0. The second kappa shape index (κ2) is 6.57. The summed E-state index contributed by atoms with van der Waals surface area (Å²) in [5, 5.41) is 2.83. The Balaban J connectivity index is 1.98. The Hall–Kier alpha value is -2.55. The monoisotopic (exact) mass is 267 g/mol. The molecule has 102 valence electrons. The third-order valence-corrected chi connectivity index (χ3v) is 2.75. The number of hydrogen-bond acceptors (Lipinski definition) is 2. The number of carbonyl (C=O) groups excluding carboxylic acids is 1. The summed E-state index contributed by atoms with van der Waals surface area (Å²) >= 11 is 0. The topological polar surface area (TPSA) is 38.3 Å². The number of benzene rings is 2. The fourth-order valence-electron chi connectivity index (χ4n) is 1.66. The Labute approximate surface area is 118 Å². The van der Waals surface area contributed by atoms with Crippen molar-refractivity contribution in [2.45, 2.75) is 13.8 Å². The molecule has 0 atom stereocenters. The molecule has 2 aromatic carbocycles. The summed E-state index contributed by atoms with van der Waals surface area (Å²) in [4.78, 5) is 12.0. The van der Waals surface area contributed by atoms with Crippen molar-refractivity contribution >= 4 is 11.6 Å². The van der Waals surface area contributed by atoms with Crippen LogP contribution in [0.25, 0.3) is 0 Å². The molecule has 0 spiro atoms. The molecule has 3 nitrogen and oxygen atoms in total. The van der Waals surface area contributed by atoms with Crippen LogP contribution in [0.1, 0.15) is 12.5 Å². The van der Waals surface area contributed by atoms with E-state index in [9.17, 15) is 4.79 Å². The highest BCUT2D eigenvalue weighted by Crippen LogP contribution is 2.12. The lowest BCUT2D eigenvalue weighted by molar-refractivity contribution is -0.112. The predicted molar refractivity (Wildman–Crippen MR) is 80.6 cm³/mol. The maximum absolute atomic E-state index is 12.0. The molecule has 0 fully saturated rings. The van der Waals surface area contributed by atoms with Crippen LogP contribution in [0.5, 0.6) is 5.75 Å². The minimum Gasteiger partial charge on any atom is -0.465 e. The van der Waals surface area contributed by atoms with Crippen LogP contribution in [0, 0.1) is 6.92 Å². The van der Waals surface area contributed by atoms with Crippen molar-refractivity contribution in [2.75, 3.05) is 5.32 Å². The summed E-state index contributed by atoms with van der Waals surface area (Å²) in [6.45, 7) is 3.70. The zero-order chi connectivity index (χ0) is 14.4. The van der Waals surface area contributed by atoms with Crippen LogP contribution in [0.2, 0.25) is 0 Å². The first-order valence-electron chi connectivity index (χ1n) is 6.41. The molecule has 0 radical (unpaired) electrons. The molecular weight excluding hydrogens is 250 g/mol. The fourth-order valence-corrected chi connectivity index (χ4v) is 1.66. The van der Waals surface area contributed by atoms with Crippen molar-refractivity contribution in [1.82, 2.24) is 0 Å². The van der Waals surface area contributed by atoms with Gasteiger partial charge in [-0.15, -0.1) is 0 Å². The number of amides is 1. The van der Waals surface area contributed by atoms with E-state index in [1.54, 1.807) is 6.92 Å². The van der Waals surface area contributed by atoms with Gasteiger partial charge in [0.1, 0.15) is 5.75 Å². The number of anilines is 1. The third-order valence-electron chi connectivity index (χ3n) is 2.75. The molecule has 2 rings (SSSR count). The number of aryl methyl sites for hydroxylation is 1. The van der Waals surface area contributed by atoms with E-state index in [-0.39, 0.29) is 5.91 Å². The number of hydrogen-bond donors (Lipinski definition) is 1. The molecule has 0 unspecified atom stereocenters. The minimum atomic E-state index is -0.175. The molecule has 2 aromatic rings. The standard InChI is InChI=1S/C17H17NO2/c1-13-7-6-8-15(11-13)18-17(19)14(2)12-20-16-9-4-3-5-10-16/h3-12H,1-2H3,(H,18,19)/b14-12+. The van der Waals surface area contributed by atoms with E-state index in [0.29, 0.717) is 11.3 Å². The number of rotatable bonds is 4. The molecular formula is C17H17NO2. The fraction of sp³-hybridized carbons (Fsp3) is 0.118. The minimum absolute atomic E-state index is 0.175. The van der Waals surface area contributed by atoms with Crippen LogP contribution in [-0.2, 0) is 4.79 Å². The summed E-state index contributed by atoms with van der Waals surface area (Å²) in [5.74, 6) is 0.529. The second-order valence-electron chi connectivity index (χ2n) is 4.56. The zero-order valence-electron chi connectivity index (χ0n) is 11.6. The molecule has 0 bridgehead atoms. The quantitative estimate of drug-likeness (QED) is 0.673. The van der Waals surface area contributed by atoms with Crippen molar-refractivity contribution in [3.8, 4) is 5.75 Å². The van der Waals surface area contributed by atoms with Crippen LogP contribution in [0.3, 0.4) is 0 Å². The van der Waals surface area contributed by atoms with Crippen LogP contribution in [-0.4, -0.2) is 5.91 Å². The maximum atomic E-state index is 12.0. The molecule has 0 aliphatic rings. The van der Waals surface area contributed by atoms with E-state index in [0.717, 1.165) is 11.3 Å². The number of ether oxygens (including phenoxy) is 1. The number of para-hydroxylation sites is 1. The zero-order valence-corrected chi connectivity index (χ0v) is 11.6. The van der Waals surface area contributed by atoms with Crippen molar-refractivity contribution in [3.63, 3.8) is 0 Å². The maximum Gasteiger partial charge on any atom is 0.254 e. The summed E-state index contributed by atoms with van der Waals surface area (Å²) in [6.07, 6.45) is 1.46. The molecule has 0 aromatic heterocycles. The van der Waals surface area contributed by atoms with Gasteiger partial charge in [0, 0.05) is 11.3 Å². The normalized spacial score (nSPS) is 11.0. The van der Waals surface area contributed by atoms with Crippen molar-refractivity contribution < 1.29 is 9.53 Å². The van der Waals surface area contributed by atoms with E-state index in [2.05, 4.69) is 5.32 Å². The molecule has 3 heteroatoms. The average Bonchev–Trinajstić information content (AvgIpc) is 2.46. The first-order chi connectivity index (χ1) is 9.65. The summed E-state index contributed by atoms with van der Waals surface area (Å²) < 4.78 is 5.43. The lowest BCUT2D eigenvalue weighted by atomic mass is 10.2. The Kier molecular flexibility index (Phi) is 4.56. The largest absolute Gasteiger partial charge is 0.465 e. The van der Waals surface area contributed by atoms with Crippen molar-refractivity contribution in [2.24, 2.45) is 0 Å². The van der Waals surface area contributed by atoms with Gasteiger partial charge in [0.25, 0.3) is 5.91 Å². The molecule has 20 heavy (non-hydrogen) atoms. The van der Waals surface area contributed by atoms with Crippen LogP contribution < -0.4 is 10.1 Å². The second-order valence-corrected chi connectivity index (χ2v) is 4.56. The Bertz CT molecular complexity index is 618. The van der Waals surface area contributed by atoms with Gasteiger partial charge in [-0.25, -0.2) is 0 Å². The van der Waals surface area contributed by atoms with Gasteiger partial charge in [-0.05, 0) is 43.7 Å². The first kappa shape index (κ1) is 13.9. The van der Waals surface area contributed by atoms with Gasteiger partial charge in [0.05, 0.1) is 6.26 Å². The Morgan fingerprint density at radius 1 is 1.10 bits per heavy atom. The van der Waals surface area contributed by atoms with Gasteiger partial charge in [0.15, 0.2) is 0 Å². The first-order valence-corrected chi connectivity index (χ1v) is 6.41. The third kappa shape index (κ3) is 3.99. The SMILES string of the molecule is C/C(=C\Oc1ccccc1)C(=O)Nc1cccc(C)c1. The van der Waals surface area contributed by atoms with E-state index in [1.807, 2.05) is 61.5 Å². The molecule has 0 saturated heterocycles. The van der Waals surface area contributed by atoms with Crippen molar-refractivity contribution in [3.05, 3.63) is 72.0 Å². The lowest BCUT2D eigenvalue weighted by Gasteiger charge is -2.06. The number of carbonyl (C=O) groups is 1. The summed E-state index contributed by atoms with van der Waals surface area (Å²) in [7, 11) is 0. The van der Waals surface area contributed by atoms with Crippen LogP contribution >= 0.6 is 0 Å². The lowest BCUT2D eigenvalue weighted by Crippen LogP contribution is -2.13. The highest BCUT2D eigenvalue weighted by molar-refractivity contribution is 6.03. The van der Waals surface area contributed by atoms with E-state index < -0.39 is 0 Å². The molecule has 0 heterocycles. The highest BCUT2D eigenvalue weighted by Gasteiger charge is 2.05. The average molecular weight is 267 g/mol. The van der Waals surface area contributed by atoms with Gasteiger partial charge in [-0.3, -0.25) is 4.79 Å². The Morgan fingerprint density at radius 3 is 2.55 bits per heavy atom. The van der Waals surface area contributed by atoms with E-state index in [1.165, 1.54) is 6.26 Å². The van der Waals surface area contributed by atoms with Crippen LogP contribution in [0.4, 0.5) is 5.69 Å². The molecule has 0 aliphatic carbocycles. The molecule has 0 saturated carbocycles. The number of nitrogens with one attached hydrogen (secondary N) is 1. The highest BCUT2D eigenvalue weighted by atomic mass is 16.5. The molecule has 1 N–H and O–H groups in total. The predicted octanol–water partition coefficient (Wildman–Crippen LogP) is 3.92. The van der Waals surface area contributed by atoms with E-state index >= 15 is 0 Å². The van der Waals surface area contributed by atoms with Crippen molar-refractivity contribution in [1.29, 1.82) is 0 Å². The summed E-state index contributed by atoms with van der Waals surface area (Å²) in [5.41, 5.74) is 2.39. The molecule has 1 amide bonds. The van der Waals surface area contributed by atoms with E-state index in [4.69, 9.17) is 4.74 Å². The van der Waals surface area contributed by atoms with Gasteiger partial charge in [0.2, 0.25) is 0 Å². The Morgan fingerprint density at radius 2 is 1.85 bits per heavy atom.